The van der Waals surface area contributed by atoms with Gasteiger partial charge >= 0.3 is 0 Å². The van der Waals surface area contributed by atoms with Crippen LogP contribution in [0.25, 0.3) is 17.1 Å². The fourth-order valence-corrected chi connectivity index (χ4v) is 4.64. The van der Waals surface area contributed by atoms with E-state index in [2.05, 4.69) is 52.1 Å². The van der Waals surface area contributed by atoms with Crippen molar-refractivity contribution in [2.45, 2.75) is 50.7 Å². The Morgan fingerprint density at radius 1 is 1.10 bits per heavy atom. The largest absolute Gasteiger partial charge is 0.353 e. The molecule has 1 N–H and O–H groups in total. The number of hydrogen-bond acceptors (Lipinski definition) is 4. The predicted octanol–water partition coefficient (Wildman–Crippen LogP) is 4.70. The number of benzene rings is 2. The minimum absolute atomic E-state index is 0.0679. The van der Waals surface area contributed by atoms with E-state index in [0.717, 1.165) is 40.6 Å². The third kappa shape index (κ3) is 4.53. The molecule has 150 valence electrons. The average molecular weight is 407 g/mol. The molecule has 0 bridgehead atoms. The molecule has 4 rings (SSSR count). The molecule has 0 radical (unpaired) electrons. The predicted molar refractivity (Wildman–Crippen MR) is 117 cm³/mol. The Kier molecular flexibility index (Phi) is 6.00. The first-order valence-electron chi connectivity index (χ1n) is 10.1. The van der Waals surface area contributed by atoms with Gasteiger partial charge in [0, 0.05) is 11.6 Å². The molecule has 3 aromatic rings. The van der Waals surface area contributed by atoms with Gasteiger partial charge in [-0.15, -0.1) is 10.2 Å². The molecule has 1 fully saturated rings. The van der Waals surface area contributed by atoms with Gasteiger partial charge in [0.05, 0.1) is 11.4 Å². The van der Waals surface area contributed by atoms with Crippen molar-refractivity contribution in [1.29, 1.82) is 0 Å². The quantitative estimate of drug-likeness (QED) is 0.603. The molecule has 1 aliphatic rings. The van der Waals surface area contributed by atoms with Crippen LogP contribution in [0.1, 0.15) is 36.8 Å². The molecular weight excluding hydrogens is 380 g/mol. The van der Waals surface area contributed by atoms with Gasteiger partial charge in [-0.3, -0.25) is 9.36 Å². The molecule has 2 aromatic carbocycles. The highest BCUT2D eigenvalue weighted by Crippen LogP contribution is 2.30. The number of nitrogens with one attached hydrogen (secondary N) is 1. The highest BCUT2D eigenvalue weighted by Gasteiger charge is 2.20. The molecule has 0 atom stereocenters. The SMILES string of the molecule is Cc1ccc(-n2c(SCC(=O)NC3CCCC3)nnc2-c2ccccc2)c(C)c1. The van der Waals surface area contributed by atoms with Crippen molar-refractivity contribution in [3.05, 3.63) is 59.7 Å². The summed E-state index contributed by atoms with van der Waals surface area (Å²) in [7, 11) is 0. The second-order valence-corrected chi connectivity index (χ2v) is 8.58. The number of nitrogens with zero attached hydrogens (tertiary/aromatic N) is 3. The van der Waals surface area contributed by atoms with Crippen LogP contribution < -0.4 is 5.32 Å². The first-order valence-corrected chi connectivity index (χ1v) is 11.1. The minimum atomic E-state index is 0.0679. The maximum absolute atomic E-state index is 12.4. The van der Waals surface area contributed by atoms with E-state index < -0.39 is 0 Å². The van der Waals surface area contributed by atoms with Crippen molar-refractivity contribution in [1.82, 2.24) is 20.1 Å². The Hall–Kier alpha value is -2.60. The van der Waals surface area contributed by atoms with E-state index in [4.69, 9.17) is 0 Å². The lowest BCUT2D eigenvalue weighted by Crippen LogP contribution is -2.33. The Morgan fingerprint density at radius 2 is 1.86 bits per heavy atom. The maximum atomic E-state index is 12.4. The first kappa shape index (κ1) is 19.7. The molecule has 6 heteroatoms. The average Bonchev–Trinajstić information content (AvgIpc) is 3.37. The van der Waals surface area contributed by atoms with Crippen LogP contribution in [0.2, 0.25) is 0 Å². The number of aromatic nitrogens is 3. The maximum Gasteiger partial charge on any atom is 0.230 e. The van der Waals surface area contributed by atoms with Crippen molar-refractivity contribution in [3.8, 4) is 17.1 Å². The molecular formula is C23H26N4OS. The molecule has 1 saturated carbocycles. The number of rotatable bonds is 6. The van der Waals surface area contributed by atoms with Crippen LogP contribution in [0.5, 0.6) is 0 Å². The van der Waals surface area contributed by atoms with E-state index in [1.165, 1.54) is 30.2 Å². The lowest BCUT2D eigenvalue weighted by molar-refractivity contribution is -0.119. The van der Waals surface area contributed by atoms with Gasteiger partial charge in [-0.1, -0.05) is 72.6 Å². The lowest BCUT2D eigenvalue weighted by atomic mass is 10.1. The summed E-state index contributed by atoms with van der Waals surface area (Å²) in [4.78, 5) is 12.4. The molecule has 0 spiro atoms. The molecule has 0 saturated heterocycles. The zero-order valence-corrected chi connectivity index (χ0v) is 17.7. The first-order chi connectivity index (χ1) is 14.1. The van der Waals surface area contributed by atoms with Gasteiger partial charge in [0.25, 0.3) is 0 Å². The van der Waals surface area contributed by atoms with Crippen molar-refractivity contribution < 1.29 is 4.79 Å². The fraction of sp³-hybridized carbons (Fsp3) is 0.348. The number of aryl methyl sites for hydroxylation is 2. The normalized spacial score (nSPS) is 14.3. The molecule has 1 aliphatic carbocycles. The van der Waals surface area contributed by atoms with E-state index in [1.54, 1.807) is 0 Å². The van der Waals surface area contributed by atoms with Gasteiger partial charge in [0.15, 0.2) is 11.0 Å². The van der Waals surface area contributed by atoms with Crippen molar-refractivity contribution in [2.75, 3.05) is 5.75 Å². The third-order valence-corrected chi connectivity index (χ3v) is 6.24. The summed E-state index contributed by atoms with van der Waals surface area (Å²) in [6.45, 7) is 4.18. The van der Waals surface area contributed by atoms with Crippen LogP contribution >= 0.6 is 11.8 Å². The summed E-state index contributed by atoms with van der Waals surface area (Å²) in [5.41, 5.74) is 4.41. The summed E-state index contributed by atoms with van der Waals surface area (Å²) in [5.74, 6) is 1.20. The second-order valence-electron chi connectivity index (χ2n) is 7.64. The number of hydrogen-bond donors (Lipinski definition) is 1. The van der Waals surface area contributed by atoms with Gasteiger partial charge in [-0.2, -0.15) is 0 Å². The summed E-state index contributed by atoms with van der Waals surface area (Å²) < 4.78 is 2.07. The van der Waals surface area contributed by atoms with E-state index in [0.29, 0.717) is 11.8 Å². The van der Waals surface area contributed by atoms with Crippen molar-refractivity contribution in [2.24, 2.45) is 0 Å². The highest BCUT2D eigenvalue weighted by atomic mass is 32.2. The Labute approximate surface area is 175 Å². The van der Waals surface area contributed by atoms with E-state index in [9.17, 15) is 4.79 Å². The fourth-order valence-electron chi connectivity index (χ4n) is 3.88. The summed E-state index contributed by atoms with van der Waals surface area (Å²) in [6, 6.07) is 16.7. The number of carbonyl (C=O) groups excluding carboxylic acids is 1. The second kappa shape index (κ2) is 8.82. The van der Waals surface area contributed by atoms with Crippen LogP contribution in [0.4, 0.5) is 0 Å². The number of amides is 1. The van der Waals surface area contributed by atoms with Gasteiger partial charge in [-0.25, -0.2) is 0 Å². The molecule has 1 heterocycles. The van der Waals surface area contributed by atoms with Crippen molar-refractivity contribution in [3.63, 3.8) is 0 Å². The van der Waals surface area contributed by atoms with Gasteiger partial charge in [0.1, 0.15) is 0 Å². The molecule has 29 heavy (non-hydrogen) atoms. The highest BCUT2D eigenvalue weighted by molar-refractivity contribution is 7.99. The molecule has 1 aromatic heterocycles. The molecule has 0 unspecified atom stereocenters. The Morgan fingerprint density at radius 3 is 2.59 bits per heavy atom. The topological polar surface area (TPSA) is 59.8 Å². The van der Waals surface area contributed by atoms with Gasteiger partial charge < -0.3 is 5.32 Å². The monoisotopic (exact) mass is 406 g/mol. The van der Waals surface area contributed by atoms with Crippen LogP contribution in [-0.2, 0) is 4.79 Å². The zero-order valence-electron chi connectivity index (χ0n) is 16.9. The summed E-state index contributed by atoms with van der Waals surface area (Å²) in [5, 5.41) is 12.8. The van der Waals surface area contributed by atoms with Gasteiger partial charge in [0.2, 0.25) is 5.91 Å². The minimum Gasteiger partial charge on any atom is -0.353 e. The lowest BCUT2D eigenvalue weighted by Gasteiger charge is -2.14. The standard InChI is InChI=1S/C23H26N4OS/c1-16-12-13-20(17(2)14-16)27-22(18-8-4-3-5-9-18)25-26-23(27)29-15-21(28)24-19-10-6-7-11-19/h3-5,8-9,12-14,19H,6-7,10-11,15H2,1-2H3,(H,24,28). The Bertz CT molecular complexity index is 993. The number of thioether (sulfide) groups is 1. The van der Waals surface area contributed by atoms with Crippen LogP contribution in [0, 0.1) is 13.8 Å². The third-order valence-electron chi connectivity index (χ3n) is 5.31. The molecule has 5 nitrogen and oxygen atoms in total. The molecule has 0 aliphatic heterocycles. The van der Waals surface area contributed by atoms with E-state index >= 15 is 0 Å². The zero-order chi connectivity index (χ0) is 20.2. The van der Waals surface area contributed by atoms with Crippen LogP contribution in [0.15, 0.2) is 53.7 Å². The number of carbonyl (C=O) groups is 1. The van der Waals surface area contributed by atoms with Crippen LogP contribution in [-0.4, -0.2) is 32.5 Å². The van der Waals surface area contributed by atoms with Crippen molar-refractivity contribution >= 4 is 17.7 Å². The van der Waals surface area contributed by atoms with E-state index in [1.807, 2.05) is 30.3 Å². The summed E-state index contributed by atoms with van der Waals surface area (Å²) >= 11 is 1.44. The summed E-state index contributed by atoms with van der Waals surface area (Å²) in [6.07, 6.45) is 4.60. The smallest absolute Gasteiger partial charge is 0.230 e. The van der Waals surface area contributed by atoms with Gasteiger partial charge in [-0.05, 0) is 38.3 Å². The van der Waals surface area contributed by atoms with E-state index in [-0.39, 0.29) is 5.91 Å². The van der Waals surface area contributed by atoms with Crippen LogP contribution in [0.3, 0.4) is 0 Å². The molecule has 1 amide bonds. The Balaban J connectivity index is 1.63.